The summed E-state index contributed by atoms with van der Waals surface area (Å²) in [4.78, 5) is 12.8. The Hall–Kier alpha value is -2.34. The lowest BCUT2D eigenvalue weighted by atomic mass is 9.89. The molecule has 24 heavy (non-hydrogen) atoms. The van der Waals surface area contributed by atoms with Gasteiger partial charge in [-0.25, -0.2) is 0 Å². The van der Waals surface area contributed by atoms with Gasteiger partial charge in [0.25, 0.3) is 0 Å². The molecule has 0 spiro atoms. The number of fused-ring (bicyclic) bond motifs is 1. The van der Waals surface area contributed by atoms with Crippen LogP contribution in [-0.4, -0.2) is 41.4 Å². The van der Waals surface area contributed by atoms with Crippen LogP contribution in [0.1, 0.15) is 17.0 Å². The fraction of sp³-hybridized carbons (Fsp3) is 0.444. The van der Waals surface area contributed by atoms with Gasteiger partial charge < -0.3 is 15.4 Å². The van der Waals surface area contributed by atoms with Gasteiger partial charge in [0.1, 0.15) is 12.4 Å². The maximum absolute atomic E-state index is 12.8. The molecule has 3 heterocycles. The molecule has 0 radical (unpaired) electrons. The van der Waals surface area contributed by atoms with Crippen molar-refractivity contribution in [3.63, 3.8) is 0 Å². The first-order valence-electron chi connectivity index (χ1n) is 8.41. The van der Waals surface area contributed by atoms with E-state index in [-0.39, 0.29) is 23.8 Å². The molecule has 4 rings (SSSR count). The molecular weight excluding hydrogens is 304 g/mol. The highest BCUT2D eigenvalue weighted by Crippen LogP contribution is 2.29. The van der Waals surface area contributed by atoms with Gasteiger partial charge in [0.05, 0.1) is 18.2 Å². The number of carbonyl (C=O) groups is 1. The number of benzene rings is 1. The van der Waals surface area contributed by atoms with Crippen molar-refractivity contribution >= 4 is 5.91 Å². The lowest BCUT2D eigenvalue weighted by Gasteiger charge is -2.27. The van der Waals surface area contributed by atoms with Crippen molar-refractivity contribution in [1.29, 1.82) is 0 Å². The number of aromatic nitrogens is 2. The molecule has 1 amide bonds. The molecule has 2 N–H and O–H groups in total. The van der Waals surface area contributed by atoms with Crippen molar-refractivity contribution in [2.24, 2.45) is 13.0 Å². The number of hydrogen-bond donors (Lipinski definition) is 2. The van der Waals surface area contributed by atoms with Crippen LogP contribution in [0, 0.1) is 5.92 Å². The monoisotopic (exact) mass is 326 g/mol. The zero-order valence-corrected chi connectivity index (χ0v) is 13.7. The SMILES string of the molecule is Cn1cc([C@H]2CNC[C@@H]2C(=O)NC2COc3ccccc3C2)cn1. The first-order valence-corrected chi connectivity index (χ1v) is 8.41. The van der Waals surface area contributed by atoms with Gasteiger partial charge in [-0.3, -0.25) is 9.48 Å². The minimum Gasteiger partial charge on any atom is -0.491 e. The van der Waals surface area contributed by atoms with Crippen molar-refractivity contribution in [3.8, 4) is 5.75 Å². The molecule has 2 aliphatic rings. The molecule has 2 aliphatic heterocycles. The standard InChI is InChI=1S/C18H22N4O2/c1-22-10-13(7-20-22)15-8-19-9-16(15)18(23)21-14-6-12-4-2-3-5-17(12)24-11-14/h2-5,7,10,14-16,19H,6,8-9,11H2,1H3,(H,21,23)/t14?,15-,16+/m1/s1. The van der Waals surface area contributed by atoms with Gasteiger partial charge in [0.15, 0.2) is 0 Å². The van der Waals surface area contributed by atoms with E-state index < -0.39 is 0 Å². The van der Waals surface area contributed by atoms with Gasteiger partial charge in [-0.15, -0.1) is 0 Å². The Morgan fingerprint density at radius 1 is 1.38 bits per heavy atom. The molecule has 0 bridgehead atoms. The first kappa shape index (κ1) is 15.2. The topological polar surface area (TPSA) is 68.2 Å². The van der Waals surface area contributed by atoms with Crippen LogP contribution in [-0.2, 0) is 18.3 Å². The minimum absolute atomic E-state index is 0.0301. The van der Waals surface area contributed by atoms with Gasteiger partial charge in [-0.2, -0.15) is 5.10 Å². The highest BCUT2D eigenvalue weighted by Gasteiger charge is 2.36. The maximum Gasteiger partial charge on any atom is 0.225 e. The minimum atomic E-state index is -0.0635. The Balaban J connectivity index is 1.43. The summed E-state index contributed by atoms with van der Waals surface area (Å²) in [6.45, 7) is 2.05. The number of amides is 1. The molecular formula is C18H22N4O2. The van der Waals surface area contributed by atoms with Crippen LogP contribution in [0.5, 0.6) is 5.75 Å². The van der Waals surface area contributed by atoms with Gasteiger partial charge in [-0.1, -0.05) is 18.2 Å². The smallest absolute Gasteiger partial charge is 0.225 e. The average Bonchev–Trinajstić information content (AvgIpc) is 3.23. The second-order valence-corrected chi connectivity index (χ2v) is 6.65. The third kappa shape index (κ3) is 2.89. The molecule has 1 saturated heterocycles. The van der Waals surface area contributed by atoms with Crippen LogP contribution in [0.3, 0.4) is 0 Å². The molecule has 3 atom stereocenters. The summed E-state index contributed by atoms with van der Waals surface area (Å²) >= 11 is 0. The summed E-state index contributed by atoms with van der Waals surface area (Å²) in [5.41, 5.74) is 2.27. The highest BCUT2D eigenvalue weighted by molar-refractivity contribution is 5.81. The van der Waals surface area contributed by atoms with Crippen LogP contribution in [0.2, 0.25) is 0 Å². The van der Waals surface area contributed by atoms with E-state index in [1.807, 2.05) is 37.6 Å². The zero-order valence-electron chi connectivity index (χ0n) is 13.7. The number of rotatable bonds is 3. The number of nitrogens with zero attached hydrogens (tertiary/aromatic N) is 2. The summed E-state index contributed by atoms with van der Waals surface area (Å²) in [6.07, 6.45) is 4.68. The van der Waals surface area contributed by atoms with Crippen LogP contribution in [0.15, 0.2) is 36.7 Å². The summed E-state index contributed by atoms with van der Waals surface area (Å²) < 4.78 is 7.56. The third-order valence-corrected chi connectivity index (χ3v) is 4.93. The van der Waals surface area contributed by atoms with Gasteiger partial charge >= 0.3 is 0 Å². The van der Waals surface area contributed by atoms with E-state index in [4.69, 9.17) is 4.74 Å². The Morgan fingerprint density at radius 3 is 3.08 bits per heavy atom. The van der Waals surface area contributed by atoms with Crippen molar-refractivity contribution in [2.45, 2.75) is 18.4 Å². The van der Waals surface area contributed by atoms with Gasteiger partial charge in [0.2, 0.25) is 5.91 Å². The molecule has 1 aromatic heterocycles. The summed E-state index contributed by atoms with van der Waals surface area (Å²) in [5, 5.41) is 10.7. The van der Waals surface area contributed by atoms with E-state index in [0.29, 0.717) is 13.2 Å². The number of para-hydroxylation sites is 1. The second-order valence-electron chi connectivity index (χ2n) is 6.65. The molecule has 2 aromatic rings. The van der Waals surface area contributed by atoms with Crippen LogP contribution in [0.25, 0.3) is 0 Å². The highest BCUT2D eigenvalue weighted by atomic mass is 16.5. The molecule has 1 aromatic carbocycles. The molecule has 126 valence electrons. The first-order chi connectivity index (χ1) is 11.7. The zero-order chi connectivity index (χ0) is 16.5. The molecule has 6 heteroatoms. The van der Waals surface area contributed by atoms with E-state index in [9.17, 15) is 4.79 Å². The Kier molecular flexibility index (Phi) is 3.98. The quantitative estimate of drug-likeness (QED) is 0.877. The normalized spacial score (nSPS) is 25.8. The van der Waals surface area contributed by atoms with Crippen molar-refractivity contribution in [2.75, 3.05) is 19.7 Å². The second kappa shape index (κ2) is 6.28. The Morgan fingerprint density at radius 2 is 2.25 bits per heavy atom. The average molecular weight is 326 g/mol. The van der Waals surface area contributed by atoms with Gasteiger partial charge in [0, 0.05) is 32.3 Å². The van der Waals surface area contributed by atoms with Crippen molar-refractivity contribution in [1.82, 2.24) is 20.4 Å². The van der Waals surface area contributed by atoms with Crippen molar-refractivity contribution in [3.05, 3.63) is 47.8 Å². The fourth-order valence-corrected chi connectivity index (χ4v) is 3.67. The van der Waals surface area contributed by atoms with E-state index in [1.165, 1.54) is 0 Å². The summed E-state index contributed by atoms with van der Waals surface area (Å²) in [7, 11) is 1.90. The maximum atomic E-state index is 12.8. The Labute approximate surface area is 141 Å². The van der Waals surface area contributed by atoms with E-state index in [0.717, 1.165) is 29.8 Å². The predicted octanol–water partition coefficient (Wildman–Crippen LogP) is 0.843. The number of nitrogens with one attached hydrogen (secondary N) is 2. The Bertz CT molecular complexity index is 742. The van der Waals surface area contributed by atoms with E-state index in [1.54, 1.807) is 4.68 Å². The molecule has 0 saturated carbocycles. The molecule has 0 aliphatic carbocycles. The largest absolute Gasteiger partial charge is 0.491 e. The van der Waals surface area contributed by atoms with Crippen LogP contribution < -0.4 is 15.4 Å². The van der Waals surface area contributed by atoms with E-state index in [2.05, 4.69) is 21.8 Å². The van der Waals surface area contributed by atoms with Gasteiger partial charge in [-0.05, 0) is 23.6 Å². The predicted molar refractivity (Wildman–Crippen MR) is 89.9 cm³/mol. The summed E-state index contributed by atoms with van der Waals surface area (Å²) in [5.74, 6) is 1.14. The lowest BCUT2D eigenvalue weighted by Crippen LogP contribution is -2.46. The lowest BCUT2D eigenvalue weighted by molar-refractivity contribution is -0.125. The number of hydrogen-bond acceptors (Lipinski definition) is 4. The fourth-order valence-electron chi connectivity index (χ4n) is 3.67. The van der Waals surface area contributed by atoms with Crippen LogP contribution in [0.4, 0.5) is 0 Å². The molecule has 1 fully saturated rings. The number of aryl methyl sites for hydroxylation is 1. The summed E-state index contributed by atoms with van der Waals surface area (Å²) in [6, 6.07) is 8.05. The van der Waals surface area contributed by atoms with E-state index >= 15 is 0 Å². The van der Waals surface area contributed by atoms with Crippen LogP contribution >= 0.6 is 0 Å². The molecule has 6 nitrogen and oxygen atoms in total. The third-order valence-electron chi connectivity index (χ3n) is 4.93. The number of ether oxygens (including phenoxy) is 1. The number of carbonyl (C=O) groups excluding carboxylic acids is 1. The molecule has 1 unspecified atom stereocenters. The van der Waals surface area contributed by atoms with Crippen molar-refractivity contribution < 1.29 is 9.53 Å².